The number of methoxy groups -OCH3 is 1. The monoisotopic (exact) mass is 296 g/mol. The van der Waals surface area contributed by atoms with E-state index in [1.54, 1.807) is 30.4 Å². The maximum absolute atomic E-state index is 12.3. The molecule has 0 radical (unpaired) electrons. The number of piperidine rings is 1. The maximum Gasteiger partial charge on any atom is 0.225 e. The molecule has 0 aliphatic carbocycles. The van der Waals surface area contributed by atoms with E-state index in [1.165, 1.54) is 0 Å². The normalized spacial score (nSPS) is 22.9. The molecule has 2 rings (SSSR count). The van der Waals surface area contributed by atoms with Gasteiger partial charge in [-0.3, -0.25) is 9.59 Å². The van der Waals surface area contributed by atoms with Crippen molar-refractivity contribution in [3.05, 3.63) is 22.4 Å². The van der Waals surface area contributed by atoms with Crippen LogP contribution >= 0.6 is 11.3 Å². The minimum absolute atomic E-state index is 0.000185. The second-order valence-corrected chi connectivity index (χ2v) is 5.87. The van der Waals surface area contributed by atoms with Crippen molar-refractivity contribution in [1.29, 1.82) is 0 Å². The Morgan fingerprint density at radius 3 is 3.05 bits per heavy atom. The van der Waals surface area contributed by atoms with E-state index in [-0.39, 0.29) is 23.8 Å². The van der Waals surface area contributed by atoms with Gasteiger partial charge in [0, 0.05) is 32.0 Å². The van der Waals surface area contributed by atoms with Gasteiger partial charge in [0.2, 0.25) is 11.8 Å². The Bertz CT molecular complexity index is 461. The van der Waals surface area contributed by atoms with Gasteiger partial charge in [-0.2, -0.15) is 0 Å². The van der Waals surface area contributed by atoms with E-state index in [0.29, 0.717) is 26.0 Å². The topological polar surface area (TPSA) is 58.6 Å². The van der Waals surface area contributed by atoms with E-state index in [1.807, 2.05) is 17.5 Å². The Kier molecular flexibility index (Phi) is 5.14. The predicted molar refractivity (Wildman–Crippen MR) is 77.4 cm³/mol. The van der Waals surface area contributed by atoms with Gasteiger partial charge < -0.3 is 15.0 Å². The molecule has 2 heterocycles. The quantitative estimate of drug-likeness (QED) is 0.836. The maximum atomic E-state index is 12.3. The fourth-order valence-corrected chi connectivity index (χ4v) is 3.50. The first-order valence-electron chi connectivity index (χ1n) is 6.71. The molecule has 0 bridgehead atoms. The molecule has 2 amide bonds. The summed E-state index contributed by atoms with van der Waals surface area (Å²) in [5.74, 6) is -0.0858. The van der Waals surface area contributed by atoms with Crippen molar-refractivity contribution in [1.82, 2.24) is 10.2 Å². The van der Waals surface area contributed by atoms with E-state index in [2.05, 4.69) is 5.32 Å². The number of nitrogens with one attached hydrogen (secondary N) is 1. The third-order valence-electron chi connectivity index (χ3n) is 3.64. The molecule has 1 fully saturated rings. The highest BCUT2D eigenvalue weighted by Gasteiger charge is 2.39. The Morgan fingerprint density at radius 2 is 2.40 bits per heavy atom. The molecule has 1 aliphatic heterocycles. The van der Waals surface area contributed by atoms with Gasteiger partial charge in [-0.25, -0.2) is 0 Å². The van der Waals surface area contributed by atoms with Crippen molar-refractivity contribution < 1.29 is 14.3 Å². The summed E-state index contributed by atoms with van der Waals surface area (Å²) in [7, 11) is 3.38. The van der Waals surface area contributed by atoms with Crippen LogP contribution in [0.15, 0.2) is 17.5 Å². The molecule has 0 spiro atoms. The molecule has 0 saturated carbocycles. The molecule has 1 aromatic rings. The molecule has 1 aliphatic rings. The lowest BCUT2D eigenvalue weighted by atomic mass is 9.87. The smallest absolute Gasteiger partial charge is 0.225 e. The number of hydrogen-bond acceptors (Lipinski definition) is 4. The highest BCUT2D eigenvalue weighted by atomic mass is 32.1. The zero-order valence-electron chi connectivity index (χ0n) is 11.8. The fourth-order valence-electron chi connectivity index (χ4n) is 2.57. The van der Waals surface area contributed by atoms with Crippen LogP contribution in [0.1, 0.15) is 23.8 Å². The van der Waals surface area contributed by atoms with Crippen molar-refractivity contribution in [2.75, 3.05) is 27.3 Å². The third kappa shape index (κ3) is 3.19. The van der Waals surface area contributed by atoms with Crippen LogP contribution in [0.3, 0.4) is 0 Å². The molecule has 1 saturated heterocycles. The van der Waals surface area contributed by atoms with Crippen LogP contribution in [0.5, 0.6) is 0 Å². The first kappa shape index (κ1) is 15.0. The summed E-state index contributed by atoms with van der Waals surface area (Å²) >= 11 is 1.59. The van der Waals surface area contributed by atoms with Crippen molar-refractivity contribution in [2.24, 2.45) is 5.92 Å². The summed E-state index contributed by atoms with van der Waals surface area (Å²) in [4.78, 5) is 27.0. The number of nitrogens with zero attached hydrogens (tertiary/aromatic N) is 1. The van der Waals surface area contributed by atoms with Gasteiger partial charge in [0.25, 0.3) is 0 Å². The summed E-state index contributed by atoms with van der Waals surface area (Å²) in [6.07, 6.45) is 1.03. The van der Waals surface area contributed by atoms with Crippen LogP contribution in [-0.4, -0.2) is 44.0 Å². The van der Waals surface area contributed by atoms with Crippen LogP contribution in [0.2, 0.25) is 0 Å². The lowest BCUT2D eigenvalue weighted by Crippen LogP contribution is -2.46. The van der Waals surface area contributed by atoms with E-state index in [9.17, 15) is 9.59 Å². The fraction of sp³-hybridized carbons (Fsp3) is 0.571. The van der Waals surface area contributed by atoms with Crippen LogP contribution in [0.4, 0.5) is 0 Å². The van der Waals surface area contributed by atoms with Gasteiger partial charge >= 0.3 is 0 Å². The molecular formula is C14H20N2O3S. The number of carbonyl (C=O) groups excluding carboxylic acids is 2. The lowest BCUT2D eigenvalue weighted by Gasteiger charge is -2.37. The number of carbonyl (C=O) groups is 2. The summed E-state index contributed by atoms with van der Waals surface area (Å²) in [6.45, 7) is 0.998. The Balaban J connectivity index is 2.12. The van der Waals surface area contributed by atoms with Crippen molar-refractivity contribution in [2.45, 2.75) is 18.9 Å². The Hall–Kier alpha value is -1.40. The number of hydrogen-bond donors (Lipinski definition) is 1. The molecule has 2 atom stereocenters. The van der Waals surface area contributed by atoms with E-state index >= 15 is 0 Å². The van der Waals surface area contributed by atoms with Gasteiger partial charge in [-0.15, -0.1) is 11.3 Å². The average molecular weight is 296 g/mol. The SMILES string of the molecule is COCCNC(=O)[C@@H]1CCC(=O)N(C)[C@@H]1c1cccs1. The minimum Gasteiger partial charge on any atom is -0.383 e. The molecule has 6 heteroatoms. The molecule has 1 N–H and O–H groups in total. The van der Waals surface area contributed by atoms with Gasteiger partial charge in [-0.1, -0.05) is 6.07 Å². The molecular weight excluding hydrogens is 276 g/mol. The first-order chi connectivity index (χ1) is 9.65. The van der Waals surface area contributed by atoms with Gasteiger partial charge in [-0.05, 0) is 17.9 Å². The van der Waals surface area contributed by atoms with Crippen molar-refractivity contribution >= 4 is 23.2 Å². The highest BCUT2D eigenvalue weighted by molar-refractivity contribution is 7.10. The van der Waals surface area contributed by atoms with Crippen LogP contribution in [0.25, 0.3) is 0 Å². The molecule has 0 unspecified atom stereocenters. The zero-order chi connectivity index (χ0) is 14.5. The summed E-state index contributed by atoms with van der Waals surface area (Å²) in [6, 6.07) is 3.78. The Morgan fingerprint density at radius 1 is 1.60 bits per heavy atom. The summed E-state index contributed by atoms with van der Waals surface area (Å²) in [5.41, 5.74) is 0. The minimum atomic E-state index is -0.187. The lowest BCUT2D eigenvalue weighted by molar-refractivity contribution is -0.141. The van der Waals surface area contributed by atoms with Crippen molar-refractivity contribution in [3.8, 4) is 0 Å². The van der Waals surface area contributed by atoms with E-state index in [4.69, 9.17) is 4.74 Å². The standard InChI is InChI=1S/C14H20N2O3S/c1-16-12(17)6-5-10(14(18)15-7-8-19-2)13(16)11-4-3-9-20-11/h3-4,9-10,13H,5-8H2,1-2H3,(H,15,18)/t10-,13+/m1/s1. The molecule has 5 nitrogen and oxygen atoms in total. The average Bonchev–Trinajstić information content (AvgIpc) is 2.95. The number of amides is 2. The van der Waals surface area contributed by atoms with Crippen LogP contribution in [-0.2, 0) is 14.3 Å². The van der Waals surface area contributed by atoms with Crippen LogP contribution < -0.4 is 5.32 Å². The number of rotatable bonds is 5. The van der Waals surface area contributed by atoms with E-state index < -0.39 is 0 Å². The molecule has 0 aromatic carbocycles. The third-order valence-corrected chi connectivity index (χ3v) is 4.58. The molecule has 110 valence electrons. The number of thiophene rings is 1. The van der Waals surface area contributed by atoms with E-state index in [0.717, 1.165) is 4.88 Å². The molecule has 1 aromatic heterocycles. The van der Waals surface area contributed by atoms with Gasteiger partial charge in [0.15, 0.2) is 0 Å². The molecule has 20 heavy (non-hydrogen) atoms. The predicted octanol–water partition coefficient (Wildman–Crippen LogP) is 1.42. The second-order valence-electron chi connectivity index (χ2n) is 4.89. The summed E-state index contributed by atoms with van der Waals surface area (Å²) < 4.78 is 4.94. The van der Waals surface area contributed by atoms with Gasteiger partial charge in [0.05, 0.1) is 18.6 Å². The number of ether oxygens (including phenoxy) is 1. The number of likely N-dealkylation sites (tertiary alicyclic amines) is 1. The largest absolute Gasteiger partial charge is 0.383 e. The highest BCUT2D eigenvalue weighted by Crippen LogP contribution is 2.37. The van der Waals surface area contributed by atoms with Crippen LogP contribution in [0, 0.1) is 5.92 Å². The van der Waals surface area contributed by atoms with Gasteiger partial charge in [0.1, 0.15) is 0 Å². The Labute approximate surface area is 122 Å². The second kappa shape index (κ2) is 6.85. The summed E-state index contributed by atoms with van der Waals surface area (Å²) in [5, 5.41) is 4.86. The zero-order valence-corrected chi connectivity index (χ0v) is 12.6. The first-order valence-corrected chi connectivity index (χ1v) is 7.59. The van der Waals surface area contributed by atoms with Crippen molar-refractivity contribution in [3.63, 3.8) is 0 Å².